The number of nitrogens with zero attached hydrogens (tertiary/aromatic N) is 4. The Kier molecular flexibility index (Phi) is 4.78. The number of hydrogen-bond acceptors (Lipinski definition) is 6. The molecule has 0 aromatic heterocycles. The van der Waals surface area contributed by atoms with E-state index in [0.717, 1.165) is 35.2 Å². The normalized spacial score (nSPS) is 21.4. The molecule has 1 unspecified atom stereocenters. The second-order valence-corrected chi connectivity index (χ2v) is 7.76. The molecule has 7 heteroatoms. The van der Waals surface area contributed by atoms with Crippen LogP contribution in [0.1, 0.15) is 23.1 Å². The van der Waals surface area contributed by atoms with E-state index in [1.54, 1.807) is 0 Å². The lowest BCUT2D eigenvalue weighted by molar-refractivity contribution is 0.314. The maximum Gasteiger partial charge on any atom is 0.219 e. The van der Waals surface area contributed by atoms with E-state index in [0.29, 0.717) is 11.4 Å². The monoisotopic (exact) mass is 422 g/mol. The summed E-state index contributed by atoms with van der Waals surface area (Å²) < 4.78 is 0. The molecule has 1 aliphatic carbocycles. The number of benzene rings is 3. The number of oxime groups is 1. The number of guanidine groups is 1. The van der Waals surface area contributed by atoms with Crippen molar-refractivity contribution in [3.05, 3.63) is 95.6 Å². The summed E-state index contributed by atoms with van der Waals surface area (Å²) in [6.45, 7) is 0. The second-order valence-electron chi connectivity index (χ2n) is 7.76. The smallest absolute Gasteiger partial charge is 0.219 e. The first-order valence-corrected chi connectivity index (χ1v) is 10.4. The second kappa shape index (κ2) is 7.77. The van der Waals surface area contributed by atoms with Crippen molar-refractivity contribution in [2.24, 2.45) is 31.6 Å². The summed E-state index contributed by atoms with van der Waals surface area (Å²) in [6.07, 6.45) is 1.68. The van der Waals surface area contributed by atoms with E-state index in [-0.39, 0.29) is 11.8 Å². The van der Waals surface area contributed by atoms with Crippen LogP contribution in [0.2, 0.25) is 0 Å². The summed E-state index contributed by atoms with van der Waals surface area (Å²) in [5.41, 5.74) is 16.8. The van der Waals surface area contributed by atoms with Gasteiger partial charge >= 0.3 is 0 Å². The lowest BCUT2D eigenvalue weighted by Crippen LogP contribution is -2.45. The maximum absolute atomic E-state index is 9.63. The van der Waals surface area contributed by atoms with Crippen LogP contribution in [-0.2, 0) is 12.0 Å². The number of hydrogen-bond donors (Lipinski definition) is 3. The molecular weight excluding hydrogens is 400 g/mol. The molecule has 3 aromatic rings. The quantitative estimate of drug-likeness (QED) is 0.259. The molecule has 0 saturated carbocycles. The van der Waals surface area contributed by atoms with Gasteiger partial charge in [0.15, 0.2) is 11.7 Å². The highest BCUT2D eigenvalue weighted by Crippen LogP contribution is 2.35. The molecule has 0 saturated heterocycles. The Morgan fingerprint density at radius 3 is 2.31 bits per heavy atom. The van der Waals surface area contributed by atoms with Crippen LogP contribution in [-0.4, -0.2) is 28.5 Å². The highest BCUT2D eigenvalue weighted by molar-refractivity contribution is 6.24. The zero-order chi connectivity index (χ0) is 22.1. The predicted molar refractivity (Wildman–Crippen MR) is 127 cm³/mol. The van der Waals surface area contributed by atoms with Gasteiger partial charge in [-0.3, -0.25) is 0 Å². The molecule has 0 bridgehead atoms. The molecule has 5 N–H and O–H groups in total. The molecule has 7 nitrogen and oxygen atoms in total. The van der Waals surface area contributed by atoms with Gasteiger partial charge < -0.3 is 16.7 Å². The van der Waals surface area contributed by atoms with E-state index in [9.17, 15) is 5.21 Å². The van der Waals surface area contributed by atoms with Gasteiger partial charge in [0, 0.05) is 0 Å². The van der Waals surface area contributed by atoms with Gasteiger partial charge in [-0.15, -0.1) is 0 Å². The molecule has 0 fully saturated rings. The summed E-state index contributed by atoms with van der Waals surface area (Å²) in [4.78, 5) is 13.7. The fourth-order valence-electron chi connectivity index (χ4n) is 4.31. The van der Waals surface area contributed by atoms with Gasteiger partial charge in [-0.2, -0.15) is 4.99 Å². The summed E-state index contributed by atoms with van der Waals surface area (Å²) in [6, 6.07) is 25.9. The van der Waals surface area contributed by atoms with Crippen molar-refractivity contribution in [1.29, 1.82) is 0 Å². The summed E-state index contributed by atoms with van der Waals surface area (Å²) >= 11 is 0. The molecule has 32 heavy (non-hydrogen) atoms. The first-order chi connectivity index (χ1) is 15.6. The first kappa shape index (κ1) is 19.7. The first-order valence-electron chi connectivity index (χ1n) is 10.4. The van der Waals surface area contributed by atoms with Gasteiger partial charge in [-0.25, -0.2) is 9.98 Å². The summed E-state index contributed by atoms with van der Waals surface area (Å²) in [7, 11) is 0. The van der Waals surface area contributed by atoms with Crippen molar-refractivity contribution in [3.63, 3.8) is 0 Å². The van der Waals surface area contributed by atoms with Gasteiger partial charge in [0.2, 0.25) is 11.5 Å². The SMILES string of the molecule is NC1=NC(C(N)=NO)(c2ccc(-c3ccccc3)cc2)C(N=C2CCc3ccccc32)=N1. The predicted octanol–water partition coefficient (Wildman–Crippen LogP) is 3.46. The third kappa shape index (κ3) is 3.15. The Morgan fingerprint density at radius 2 is 1.56 bits per heavy atom. The lowest BCUT2D eigenvalue weighted by Gasteiger charge is -2.25. The molecule has 1 heterocycles. The Bertz CT molecular complexity index is 1290. The number of aryl methyl sites for hydroxylation is 1. The van der Waals surface area contributed by atoms with E-state index >= 15 is 0 Å². The molecule has 3 aromatic carbocycles. The molecule has 0 spiro atoms. The minimum Gasteiger partial charge on any atom is -0.409 e. The third-order valence-electron chi connectivity index (χ3n) is 5.91. The summed E-state index contributed by atoms with van der Waals surface area (Å²) in [5.74, 6) is 0.193. The van der Waals surface area contributed by atoms with Gasteiger partial charge in [-0.05, 0) is 40.7 Å². The van der Waals surface area contributed by atoms with Gasteiger partial charge in [0.25, 0.3) is 0 Å². The minimum absolute atomic E-state index is 0.0365. The van der Waals surface area contributed by atoms with Crippen molar-refractivity contribution >= 4 is 23.3 Å². The van der Waals surface area contributed by atoms with Crippen molar-refractivity contribution in [2.75, 3.05) is 0 Å². The van der Waals surface area contributed by atoms with Crippen molar-refractivity contribution in [3.8, 4) is 11.1 Å². The number of rotatable bonds is 3. The van der Waals surface area contributed by atoms with Crippen LogP contribution < -0.4 is 11.5 Å². The van der Waals surface area contributed by atoms with Gasteiger partial charge in [-0.1, -0.05) is 84.0 Å². The largest absolute Gasteiger partial charge is 0.409 e. The number of aliphatic imine (C=N–C) groups is 3. The van der Waals surface area contributed by atoms with Crippen LogP contribution in [0, 0.1) is 0 Å². The van der Waals surface area contributed by atoms with E-state index in [1.807, 2.05) is 72.8 Å². The Labute approximate surface area is 185 Å². The maximum atomic E-state index is 9.63. The topological polar surface area (TPSA) is 122 Å². The number of amidine groups is 2. The Hall–Kier alpha value is -4.26. The van der Waals surface area contributed by atoms with Crippen molar-refractivity contribution < 1.29 is 5.21 Å². The molecule has 5 rings (SSSR count). The highest BCUT2D eigenvalue weighted by atomic mass is 16.4. The van der Waals surface area contributed by atoms with E-state index in [4.69, 9.17) is 16.5 Å². The Morgan fingerprint density at radius 1 is 0.875 bits per heavy atom. The standard InChI is InChI=1S/C25H22N6O/c26-22(31-32)25(19-13-10-17(11-14-19)16-6-2-1-3-7-16)23(29-24(27)30-25)28-21-15-12-18-8-4-5-9-20(18)21/h1-11,13-14,32H,12,15H2,(H2,26,31)(H2,27,30). The zero-order valence-electron chi connectivity index (χ0n) is 17.3. The molecule has 158 valence electrons. The molecule has 1 atom stereocenters. The Balaban J connectivity index is 1.61. The lowest BCUT2D eigenvalue weighted by atomic mass is 9.87. The van der Waals surface area contributed by atoms with Crippen LogP contribution in [0.5, 0.6) is 0 Å². The molecule has 0 radical (unpaired) electrons. The molecule has 0 amide bonds. The van der Waals surface area contributed by atoms with Crippen LogP contribution >= 0.6 is 0 Å². The van der Waals surface area contributed by atoms with E-state index < -0.39 is 5.54 Å². The fraction of sp³-hybridized carbons (Fsp3) is 0.120. The minimum atomic E-state index is -1.39. The average molecular weight is 422 g/mol. The van der Waals surface area contributed by atoms with Crippen LogP contribution in [0.15, 0.2) is 99.0 Å². The molecule has 2 aliphatic rings. The third-order valence-corrected chi connectivity index (χ3v) is 5.91. The fourth-order valence-corrected chi connectivity index (χ4v) is 4.31. The number of nitrogens with two attached hydrogens (primary N) is 2. The molecular formula is C25H22N6O. The van der Waals surface area contributed by atoms with E-state index in [2.05, 4.69) is 21.2 Å². The number of fused-ring (bicyclic) bond motifs is 1. The zero-order valence-corrected chi connectivity index (χ0v) is 17.3. The van der Waals surface area contributed by atoms with Crippen LogP contribution in [0.25, 0.3) is 11.1 Å². The molecule has 1 aliphatic heterocycles. The van der Waals surface area contributed by atoms with Crippen molar-refractivity contribution in [2.45, 2.75) is 18.4 Å². The van der Waals surface area contributed by atoms with E-state index in [1.165, 1.54) is 5.56 Å². The summed E-state index contributed by atoms with van der Waals surface area (Å²) in [5, 5.41) is 12.9. The van der Waals surface area contributed by atoms with Gasteiger partial charge in [0.1, 0.15) is 0 Å². The van der Waals surface area contributed by atoms with Crippen molar-refractivity contribution in [1.82, 2.24) is 0 Å². The van der Waals surface area contributed by atoms with Crippen LogP contribution in [0.3, 0.4) is 0 Å². The highest BCUT2D eigenvalue weighted by Gasteiger charge is 2.47. The average Bonchev–Trinajstić information content (AvgIpc) is 3.40. The van der Waals surface area contributed by atoms with Crippen LogP contribution in [0.4, 0.5) is 0 Å². The van der Waals surface area contributed by atoms with Gasteiger partial charge in [0.05, 0.1) is 5.71 Å².